The minimum absolute atomic E-state index is 0. The molecule has 4 aromatic carbocycles. The summed E-state index contributed by atoms with van der Waals surface area (Å²) in [5, 5.41) is 8.63. The number of hydrogen-bond acceptors (Lipinski definition) is 4. The molecule has 0 radical (unpaired) electrons. The lowest BCUT2D eigenvalue weighted by Crippen LogP contribution is -1.86. The van der Waals surface area contributed by atoms with E-state index in [2.05, 4.69) is 31.9 Å². The largest absolute Gasteiger partial charge is 0.508 e. The second kappa shape index (κ2) is 19.0. The van der Waals surface area contributed by atoms with E-state index in [0.29, 0.717) is 33.4 Å². The third-order valence-corrected chi connectivity index (χ3v) is 5.30. The minimum Gasteiger partial charge on any atom is -0.508 e. The quantitative estimate of drug-likeness (QED) is 0.230. The summed E-state index contributed by atoms with van der Waals surface area (Å²) in [4.78, 5) is 20.8. The van der Waals surface area contributed by atoms with Gasteiger partial charge in [-0.25, -0.2) is 4.39 Å². The highest BCUT2D eigenvalue weighted by molar-refractivity contribution is 9.10. The van der Waals surface area contributed by atoms with E-state index in [1.807, 2.05) is 36.4 Å². The van der Waals surface area contributed by atoms with Crippen LogP contribution in [0.25, 0.3) is 0 Å². The van der Waals surface area contributed by atoms with Crippen LogP contribution < -0.4 is 4.74 Å². The smallest absolute Gasteiger partial charge is 0.151 e. The van der Waals surface area contributed by atoms with Gasteiger partial charge < -0.3 is 9.84 Å². The number of aromatic hydroxyl groups is 1. The molecular formula is C29H31Br2FO4. The molecule has 0 saturated heterocycles. The number of benzene rings is 4. The molecule has 1 N–H and O–H groups in total. The molecule has 0 spiro atoms. The highest BCUT2D eigenvalue weighted by Crippen LogP contribution is 2.26. The molecule has 4 nitrogen and oxygen atoms in total. The lowest BCUT2D eigenvalue weighted by atomic mass is 10.2. The first-order chi connectivity index (χ1) is 15.9. The van der Waals surface area contributed by atoms with Crippen LogP contribution in [0.1, 0.15) is 43.0 Å². The number of carbonyl (C=O) groups excluding carboxylic acids is 2. The van der Waals surface area contributed by atoms with Crippen LogP contribution in [0.3, 0.4) is 0 Å². The Balaban J connectivity index is 0. The number of aldehydes is 2. The second-order valence-corrected chi connectivity index (χ2v) is 8.04. The molecule has 4 aromatic rings. The first-order valence-electron chi connectivity index (χ1n) is 9.54. The molecule has 0 saturated carbocycles. The Bertz CT molecular complexity index is 1170. The lowest BCUT2D eigenvalue weighted by molar-refractivity contribution is 0.111. The third-order valence-electron chi connectivity index (χ3n) is 3.92. The van der Waals surface area contributed by atoms with Gasteiger partial charge in [0.25, 0.3) is 0 Å². The van der Waals surface area contributed by atoms with Gasteiger partial charge in [-0.05, 0) is 92.5 Å². The Morgan fingerprint density at radius 2 is 1.11 bits per heavy atom. The first kappa shape index (κ1) is 34.9. The van der Waals surface area contributed by atoms with Crippen LogP contribution in [0.5, 0.6) is 17.2 Å². The normalized spacial score (nSPS) is 8.64. The van der Waals surface area contributed by atoms with Gasteiger partial charge in [0, 0.05) is 20.1 Å². The number of ether oxygens (including phenoxy) is 1. The topological polar surface area (TPSA) is 63.6 Å². The fraction of sp³-hybridized carbons (Fsp3) is 0.103. The van der Waals surface area contributed by atoms with Crippen molar-refractivity contribution in [3.8, 4) is 17.2 Å². The molecule has 192 valence electrons. The van der Waals surface area contributed by atoms with Crippen LogP contribution >= 0.6 is 31.9 Å². The standard InChI is InChI=1S/C13H9BrO2.C7H4BrFO.C6H6O.3CH4/c14-13-8-12(7-6-10(13)9-15)16-11-4-2-1-3-5-11;8-7-3-6(9)2-1-5(7)4-10;7-6-4-2-1-3-5-6;;;/h1-9H;1-4H;1-5,7H;3*1H4. The average Bonchev–Trinajstić information content (AvgIpc) is 2.81. The fourth-order valence-corrected chi connectivity index (χ4v) is 3.21. The maximum absolute atomic E-state index is 12.3. The molecule has 0 bridgehead atoms. The minimum atomic E-state index is -0.350. The maximum Gasteiger partial charge on any atom is 0.151 e. The molecule has 0 atom stereocenters. The fourth-order valence-electron chi connectivity index (χ4n) is 2.32. The lowest BCUT2D eigenvalue weighted by Gasteiger charge is -2.06. The number of phenols is 1. The van der Waals surface area contributed by atoms with Gasteiger partial charge in [-0.2, -0.15) is 0 Å². The van der Waals surface area contributed by atoms with E-state index in [1.165, 1.54) is 18.2 Å². The van der Waals surface area contributed by atoms with E-state index in [0.717, 1.165) is 16.5 Å². The molecule has 0 aliphatic rings. The van der Waals surface area contributed by atoms with Gasteiger partial charge in [-0.3, -0.25) is 9.59 Å². The third kappa shape index (κ3) is 12.4. The summed E-state index contributed by atoms with van der Waals surface area (Å²) in [6.45, 7) is 0. The molecule has 0 aliphatic heterocycles. The summed E-state index contributed by atoms with van der Waals surface area (Å²) in [5.74, 6) is 1.44. The van der Waals surface area contributed by atoms with E-state index >= 15 is 0 Å². The molecule has 0 aromatic heterocycles. The molecule has 0 heterocycles. The first-order valence-corrected chi connectivity index (χ1v) is 11.1. The van der Waals surface area contributed by atoms with Gasteiger partial charge in [-0.1, -0.05) is 58.7 Å². The van der Waals surface area contributed by atoms with Crippen molar-refractivity contribution in [1.29, 1.82) is 0 Å². The summed E-state index contributed by atoms with van der Waals surface area (Å²) in [6.07, 6.45) is 1.47. The van der Waals surface area contributed by atoms with Crippen molar-refractivity contribution >= 4 is 44.4 Å². The summed E-state index contributed by atoms with van der Waals surface area (Å²) >= 11 is 6.35. The Hall–Kier alpha value is -3.29. The Kier molecular flexibility index (Phi) is 18.4. The number of halogens is 3. The van der Waals surface area contributed by atoms with E-state index in [1.54, 1.807) is 42.5 Å². The number of hydrogen-bond donors (Lipinski definition) is 1. The van der Waals surface area contributed by atoms with Crippen molar-refractivity contribution < 1.29 is 23.8 Å². The van der Waals surface area contributed by atoms with Crippen LogP contribution in [0.4, 0.5) is 4.39 Å². The number of rotatable bonds is 4. The van der Waals surface area contributed by atoms with Gasteiger partial charge in [0.2, 0.25) is 0 Å². The van der Waals surface area contributed by atoms with Crippen molar-refractivity contribution in [2.75, 3.05) is 0 Å². The molecule has 0 amide bonds. The number of carbonyl (C=O) groups is 2. The zero-order chi connectivity index (χ0) is 24.1. The van der Waals surface area contributed by atoms with Crippen molar-refractivity contribution in [2.45, 2.75) is 22.3 Å². The summed E-state index contributed by atoms with van der Waals surface area (Å²) in [7, 11) is 0. The Morgan fingerprint density at radius 3 is 1.53 bits per heavy atom. The van der Waals surface area contributed by atoms with Gasteiger partial charge >= 0.3 is 0 Å². The van der Waals surface area contributed by atoms with Crippen LogP contribution in [0.2, 0.25) is 0 Å². The maximum atomic E-state index is 12.3. The monoisotopic (exact) mass is 620 g/mol. The molecule has 0 aliphatic carbocycles. The van der Waals surface area contributed by atoms with Crippen molar-refractivity contribution in [3.05, 3.63) is 123 Å². The van der Waals surface area contributed by atoms with E-state index in [-0.39, 0.29) is 28.1 Å². The summed E-state index contributed by atoms with van der Waals surface area (Å²) < 4.78 is 19.2. The molecule has 7 heteroatoms. The van der Waals surface area contributed by atoms with Crippen LogP contribution in [0.15, 0.2) is 106 Å². The SMILES string of the molecule is C.C.C.O=Cc1ccc(F)cc1Br.O=Cc1ccc(Oc2ccccc2)cc1Br.Oc1ccccc1. The van der Waals surface area contributed by atoms with Gasteiger partial charge in [0.15, 0.2) is 12.6 Å². The molecule has 36 heavy (non-hydrogen) atoms. The molecule has 0 fully saturated rings. The van der Waals surface area contributed by atoms with E-state index in [4.69, 9.17) is 9.84 Å². The number of phenolic OH excluding ortho intramolecular Hbond substituents is 1. The van der Waals surface area contributed by atoms with Crippen molar-refractivity contribution in [1.82, 2.24) is 0 Å². The van der Waals surface area contributed by atoms with Crippen molar-refractivity contribution in [3.63, 3.8) is 0 Å². The Labute approximate surface area is 230 Å². The molecule has 4 rings (SSSR count). The number of para-hydroxylation sites is 2. The summed E-state index contributed by atoms with van der Waals surface area (Å²) in [5.41, 5.74) is 1.07. The summed E-state index contributed by atoms with van der Waals surface area (Å²) in [6, 6.07) is 27.4. The van der Waals surface area contributed by atoms with E-state index in [9.17, 15) is 14.0 Å². The predicted octanol–water partition coefficient (Wildman–Crippen LogP) is 9.76. The molecule has 0 unspecified atom stereocenters. The van der Waals surface area contributed by atoms with Crippen molar-refractivity contribution in [2.24, 2.45) is 0 Å². The Morgan fingerprint density at radius 1 is 0.639 bits per heavy atom. The average molecular weight is 622 g/mol. The van der Waals surface area contributed by atoms with E-state index < -0.39 is 0 Å². The zero-order valence-corrected chi connectivity index (χ0v) is 20.4. The van der Waals surface area contributed by atoms with Gasteiger partial charge in [-0.15, -0.1) is 0 Å². The van der Waals surface area contributed by atoms with Gasteiger partial charge in [0.1, 0.15) is 23.1 Å². The highest BCUT2D eigenvalue weighted by Gasteiger charge is 2.02. The van der Waals surface area contributed by atoms with Crippen LogP contribution in [0, 0.1) is 5.82 Å². The zero-order valence-electron chi connectivity index (χ0n) is 17.2. The highest BCUT2D eigenvalue weighted by atomic mass is 79.9. The van der Waals surface area contributed by atoms with Crippen LogP contribution in [-0.4, -0.2) is 17.7 Å². The predicted molar refractivity (Wildman–Crippen MR) is 154 cm³/mol. The van der Waals surface area contributed by atoms with Crippen LogP contribution in [-0.2, 0) is 0 Å². The van der Waals surface area contributed by atoms with Gasteiger partial charge in [0.05, 0.1) is 0 Å². The second-order valence-electron chi connectivity index (χ2n) is 6.34. The molecular weight excluding hydrogens is 591 g/mol.